The Morgan fingerprint density at radius 2 is 2.03 bits per heavy atom. The molecule has 0 saturated carbocycles. The van der Waals surface area contributed by atoms with Crippen molar-refractivity contribution in [3.05, 3.63) is 53.4 Å². The molecule has 31 heavy (non-hydrogen) atoms. The van der Waals surface area contributed by atoms with Crippen LogP contribution in [0.3, 0.4) is 0 Å². The number of hydrogen-bond donors (Lipinski definition) is 2. The first kappa shape index (κ1) is 21.8. The van der Waals surface area contributed by atoms with Gasteiger partial charge in [0.1, 0.15) is 6.04 Å². The average molecular weight is 435 g/mol. The lowest BCUT2D eigenvalue weighted by Gasteiger charge is -2.10. The summed E-state index contributed by atoms with van der Waals surface area (Å²) in [6.07, 6.45) is 5.77. The number of rotatable bonds is 8. The van der Waals surface area contributed by atoms with Crippen LogP contribution in [0.2, 0.25) is 5.02 Å². The quantitative estimate of drug-likeness (QED) is 0.552. The minimum absolute atomic E-state index is 0.315. The van der Waals surface area contributed by atoms with E-state index in [1.54, 1.807) is 41.3 Å². The third kappa shape index (κ3) is 5.56. The third-order valence-electron chi connectivity index (χ3n) is 4.38. The highest BCUT2D eigenvalue weighted by molar-refractivity contribution is 6.32. The normalized spacial score (nSPS) is 11.2. The summed E-state index contributed by atoms with van der Waals surface area (Å²) in [7, 11) is 0. The molecule has 1 unspecified atom stereocenters. The highest BCUT2D eigenvalue weighted by Gasteiger charge is 2.13. The summed E-state index contributed by atoms with van der Waals surface area (Å²) in [6.45, 7) is 2.33. The van der Waals surface area contributed by atoms with Gasteiger partial charge in [-0.05, 0) is 18.6 Å². The maximum absolute atomic E-state index is 12.3. The van der Waals surface area contributed by atoms with Gasteiger partial charge < -0.3 is 10.6 Å². The van der Waals surface area contributed by atoms with Gasteiger partial charge in [-0.2, -0.15) is 15.6 Å². The molecule has 0 fully saturated rings. The molecule has 0 aliphatic carbocycles. The van der Waals surface area contributed by atoms with Crippen molar-refractivity contribution in [1.29, 1.82) is 10.5 Å². The molecule has 1 amide bonds. The van der Waals surface area contributed by atoms with Crippen molar-refractivity contribution in [1.82, 2.24) is 25.1 Å². The van der Waals surface area contributed by atoms with Crippen LogP contribution in [-0.2, 0) is 6.54 Å². The van der Waals surface area contributed by atoms with Gasteiger partial charge in [0.2, 0.25) is 5.95 Å². The number of aryl methyl sites for hydroxylation is 1. The minimum Gasteiger partial charge on any atom is -0.336 e. The molecule has 0 aliphatic heterocycles. The Balaban J connectivity index is 1.75. The lowest BCUT2D eigenvalue weighted by atomic mass is 10.1. The van der Waals surface area contributed by atoms with Gasteiger partial charge >= 0.3 is 0 Å². The zero-order chi connectivity index (χ0) is 22.2. The van der Waals surface area contributed by atoms with Gasteiger partial charge in [-0.15, -0.1) is 0 Å². The molecule has 0 bridgehead atoms. The van der Waals surface area contributed by atoms with Crippen molar-refractivity contribution in [2.24, 2.45) is 0 Å². The van der Waals surface area contributed by atoms with Crippen LogP contribution in [0.4, 0.5) is 11.6 Å². The molecule has 2 heterocycles. The van der Waals surface area contributed by atoms with E-state index in [1.807, 2.05) is 13.0 Å². The fourth-order valence-corrected chi connectivity index (χ4v) is 2.92. The summed E-state index contributed by atoms with van der Waals surface area (Å²) in [4.78, 5) is 20.9. The second-order valence-electron chi connectivity index (χ2n) is 6.56. The molecule has 0 aliphatic rings. The van der Waals surface area contributed by atoms with Crippen molar-refractivity contribution in [3.63, 3.8) is 0 Å². The lowest BCUT2D eigenvalue weighted by molar-refractivity contribution is 0.0944. The molecule has 2 aromatic heterocycles. The van der Waals surface area contributed by atoms with Crippen molar-refractivity contribution >= 4 is 29.1 Å². The van der Waals surface area contributed by atoms with Crippen LogP contribution in [0, 0.1) is 22.7 Å². The van der Waals surface area contributed by atoms with Gasteiger partial charge in [0, 0.05) is 17.3 Å². The summed E-state index contributed by atoms with van der Waals surface area (Å²) in [5.74, 6) is 0.0189. The summed E-state index contributed by atoms with van der Waals surface area (Å²) in [6, 6.07) is 10.4. The number of aromatic nitrogens is 4. The van der Waals surface area contributed by atoms with E-state index >= 15 is 0 Å². The number of hydrogen-bond acceptors (Lipinski definition) is 7. The lowest BCUT2D eigenvalue weighted by Crippen LogP contribution is -2.33. The SMILES string of the molecule is CCC(C#N)NC(=O)c1ccc(-c2nc(Nc3cnn(CCC#N)c3)ncc2Cl)cc1. The van der Waals surface area contributed by atoms with Gasteiger partial charge in [0.15, 0.2) is 0 Å². The molecule has 3 aromatic rings. The fourth-order valence-electron chi connectivity index (χ4n) is 2.72. The summed E-state index contributed by atoms with van der Waals surface area (Å²) in [5, 5.41) is 27.9. The van der Waals surface area contributed by atoms with Crippen molar-refractivity contribution in [2.75, 3.05) is 5.32 Å². The molecule has 0 radical (unpaired) electrons. The second kappa shape index (κ2) is 10.2. The number of nitriles is 2. The number of halogens is 1. The number of carbonyl (C=O) groups is 1. The van der Waals surface area contributed by atoms with Crippen molar-refractivity contribution in [3.8, 4) is 23.4 Å². The Hall–Kier alpha value is -3.95. The molecule has 1 atom stereocenters. The summed E-state index contributed by atoms with van der Waals surface area (Å²) < 4.78 is 1.65. The number of anilines is 2. The van der Waals surface area contributed by atoms with E-state index in [1.165, 1.54) is 6.20 Å². The molecule has 1 aromatic carbocycles. The Kier molecular flexibility index (Phi) is 7.15. The van der Waals surface area contributed by atoms with E-state index in [0.717, 1.165) is 0 Å². The Labute approximate surface area is 184 Å². The number of benzene rings is 1. The van der Waals surface area contributed by atoms with Gasteiger partial charge in [-0.25, -0.2) is 9.97 Å². The Morgan fingerprint density at radius 1 is 1.26 bits per heavy atom. The zero-order valence-electron chi connectivity index (χ0n) is 16.7. The Bertz CT molecular complexity index is 1140. The first-order chi connectivity index (χ1) is 15.0. The predicted octanol–water partition coefficient (Wildman–Crippen LogP) is 3.68. The number of amides is 1. The molecule has 0 saturated heterocycles. The summed E-state index contributed by atoms with van der Waals surface area (Å²) >= 11 is 6.29. The van der Waals surface area contributed by atoms with Gasteiger partial charge in [-0.3, -0.25) is 9.48 Å². The van der Waals surface area contributed by atoms with Crippen LogP contribution in [0.5, 0.6) is 0 Å². The molecule has 0 spiro atoms. The topological polar surface area (TPSA) is 132 Å². The van der Waals surface area contributed by atoms with Crippen LogP contribution in [-0.4, -0.2) is 31.7 Å². The van der Waals surface area contributed by atoms with E-state index in [9.17, 15) is 4.79 Å². The zero-order valence-corrected chi connectivity index (χ0v) is 17.5. The fraction of sp³-hybridized carbons (Fsp3) is 0.238. The monoisotopic (exact) mass is 434 g/mol. The smallest absolute Gasteiger partial charge is 0.252 e. The highest BCUT2D eigenvalue weighted by atomic mass is 35.5. The van der Waals surface area contributed by atoms with Crippen LogP contribution < -0.4 is 10.6 Å². The molecule has 9 nitrogen and oxygen atoms in total. The van der Waals surface area contributed by atoms with Gasteiger partial charge in [-0.1, -0.05) is 30.7 Å². The van der Waals surface area contributed by atoms with E-state index in [4.69, 9.17) is 22.1 Å². The van der Waals surface area contributed by atoms with Crippen LogP contribution in [0.25, 0.3) is 11.3 Å². The highest BCUT2D eigenvalue weighted by Crippen LogP contribution is 2.27. The standard InChI is InChI=1S/C21H19ClN8O/c1-2-16(10-24)27-20(31)15-6-4-14(5-7-15)19-18(22)12-25-21(29-19)28-17-11-26-30(13-17)9-3-8-23/h4-7,11-13,16H,2-3,9H2,1H3,(H,27,31)(H,25,28,29). The van der Waals surface area contributed by atoms with E-state index in [2.05, 4.69) is 31.8 Å². The molecule has 3 rings (SSSR count). The maximum Gasteiger partial charge on any atom is 0.252 e. The molecular weight excluding hydrogens is 416 g/mol. The van der Waals surface area contributed by atoms with Gasteiger partial charge in [0.25, 0.3) is 5.91 Å². The minimum atomic E-state index is -0.527. The first-order valence-electron chi connectivity index (χ1n) is 9.54. The predicted molar refractivity (Wildman–Crippen MR) is 115 cm³/mol. The number of nitrogens with zero attached hydrogens (tertiary/aromatic N) is 6. The summed E-state index contributed by atoms with van der Waals surface area (Å²) in [5.41, 5.74) is 2.34. The van der Waals surface area contributed by atoms with Crippen LogP contribution >= 0.6 is 11.6 Å². The molecule has 2 N–H and O–H groups in total. The molecule has 10 heteroatoms. The average Bonchev–Trinajstić information content (AvgIpc) is 3.24. The molecule has 156 valence electrons. The maximum atomic E-state index is 12.3. The molecular formula is C21H19ClN8O. The van der Waals surface area contributed by atoms with Crippen molar-refractivity contribution in [2.45, 2.75) is 32.4 Å². The second-order valence-corrected chi connectivity index (χ2v) is 6.96. The van der Waals surface area contributed by atoms with E-state index < -0.39 is 6.04 Å². The van der Waals surface area contributed by atoms with Gasteiger partial charge in [0.05, 0.1) is 53.9 Å². The number of nitrogens with one attached hydrogen (secondary N) is 2. The first-order valence-corrected chi connectivity index (χ1v) is 9.91. The van der Waals surface area contributed by atoms with Crippen LogP contribution in [0.1, 0.15) is 30.1 Å². The van der Waals surface area contributed by atoms with Crippen molar-refractivity contribution < 1.29 is 4.79 Å². The van der Waals surface area contributed by atoms with E-state index in [-0.39, 0.29) is 5.91 Å². The van der Waals surface area contributed by atoms with E-state index in [0.29, 0.717) is 52.9 Å². The largest absolute Gasteiger partial charge is 0.336 e. The number of carbonyl (C=O) groups excluding carboxylic acids is 1. The Morgan fingerprint density at radius 3 is 2.71 bits per heavy atom. The van der Waals surface area contributed by atoms with Crippen LogP contribution in [0.15, 0.2) is 42.9 Å². The third-order valence-corrected chi connectivity index (χ3v) is 4.65.